The molecule has 0 aromatic rings. The number of nitrogens with one attached hydrogen (secondary N) is 3. The van der Waals surface area contributed by atoms with E-state index in [9.17, 15) is 4.79 Å². The Morgan fingerprint density at radius 1 is 1.13 bits per heavy atom. The average Bonchev–Trinajstić information content (AvgIpc) is 3.25. The van der Waals surface area contributed by atoms with Crippen LogP contribution in [0, 0.1) is 5.92 Å². The highest BCUT2D eigenvalue weighted by Gasteiger charge is 2.28. The Morgan fingerprint density at radius 3 is 2.48 bits per heavy atom. The van der Waals surface area contributed by atoms with Crippen LogP contribution in [0.4, 0.5) is 0 Å². The quantitative estimate of drug-likeness (QED) is 0.219. The average molecular weight is 437 g/mol. The second-order valence-corrected chi connectivity index (χ2v) is 6.16. The fourth-order valence-corrected chi connectivity index (χ4v) is 2.69. The molecule has 1 amide bonds. The van der Waals surface area contributed by atoms with Crippen LogP contribution in [0.2, 0.25) is 0 Å². The summed E-state index contributed by atoms with van der Waals surface area (Å²) >= 11 is 0. The van der Waals surface area contributed by atoms with Crippen LogP contribution in [0.1, 0.15) is 39.0 Å². The first-order valence-electron chi connectivity index (χ1n) is 8.82. The van der Waals surface area contributed by atoms with Gasteiger partial charge in [-0.25, -0.2) is 0 Å². The number of hydrogen-bond donors (Lipinski definition) is 3. The lowest BCUT2D eigenvalue weighted by Crippen LogP contribution is -2.41. The van der Waals surface area contributed by atoms with Crippen molar-refractivity contribution in [2.24, 2.45) is 10.9 Å². The second-order valence-electron chi connectivity index (χ2n) is 6.16. The Balaban J connectivity index is 0.00000264. The molecule has 7 heteroatoms. The second kappa shape index (κ2) is 11.9. The van der Waals surface area contributed by atoms with Crippen molar-refractivity contribution < 1.29 is 4.79 Å². The lowest BCUT2D eigenvalue weighted by atomic mass is 10.4. The molecule has 1 saturated heterocycles. The van der Waals surface area contributed by atoms with Crippen molar-refractivity contribution in [2.45, 2.75) is 39.0 Å². The molecule has 2 rings (SSSR count). The van der Waals surface area contributed by atoms with Gasteiger partial charge in [0.05, 0.1) is 0 Å². The standard InChI is InChI=1S/C16H31N5O.HI/c1-2-17-16(19-8-5-13-21-11-3-4-12-21)20-10-9-18-15(22)14-6-7-14;/h14H,2-13H2,1H3,(H,18,22)(H2,17,19,20);1H. The van der Waals surface area contributed by atoms with E-state index in [4.69, 9.17) is 0 Å². The molecule has 23 heavy (non-hydrogen) atoms. The molecule has 0 spiro atoms. The number of hydrogen-bond acceptors (Lipinski definition) is 3. The molecule has 2 aliphatic rings. The topological polar surface area (TPSA) is 68.8 Å². The zero-order chi connectivity index (χ0) is 15.6. The Kier molecular flexibility index (Phi) is 10.6. The van der Waals surface area contributed by atoms with Crippen molar-refractivity contribution in [3.63, 3.8) is 0 Å². The number of likely N-dealkylation sites (tertiary alicyclic amines) is 1. The highest BCUT2D eigenvalue weighted by Crippen LogP contribution is 2.28. The van der Waals surface area contributed by atoms with E-state index in [1.165, 1.54) is 25.9 Å². The van der Waals surface area contributed by atoms with E-state index < -0.39 is 0 Å². The summed E-state index contributed by atoms with van der Waals surface area (Å²) in [6.07, 6.45) is 5.91. The van der Waals surface area contributed by atoms with Crippen LogP contribution in [-0.2, 0) is 4.79 Å². The Labute approximate surface area is 157 Å². The number of amides is 1. The van der Waals surface area contributed by atoms with Crippen LogP contribution in [0.3, 0.4) is 0 Å². The first kappa shape index (κ1) is 20.5. The Bertz CT molecular complexity index is 367. The third-order valence-corrected chi connectivity index (χ3v) is 4.11. The van der Waals surface area contributed by atoms with Crippen molar-refractivity contribution in [3.8, 4) is 0 Å². The number of halogens is 1. The van der Waals surface area contributed by atoms with Gasteiger partial charge < -0.3 is 20.9 Å². The highest BCUT2D eigenvalue weighted by atomic mass is 127. The van der Waals surface area contributed by atoms with Gasteiger partial charge in [-0.1, -0.05) is 0 Å². The minimum atomic E-state index is 0. The maximum absolute atomic E-state index is 11.5. The van der Waals surface area contributed by atoms with Crippen molar-refractivity contribution in [1.82, 2.24) is 20.9 Å². The zero-order valence-corrected chi connectivity index (χ0v) is 16.6. The summed E-state index contributed by atoms with van der Waals surface area (Å²) in [4.78, 5) is 18.6. The first-order valence-corrected chi connectivity index (χ1v) is 8.82. The fourth-order valence-electron chi connectivity index (χ4n) is 2.69. The molecule has 0 aromatic carbocycles. The van der Waals surface area contributed by atoms with Gasteiger partial charge >= 0.3 is 0 Å². The predicted molar refractivity (Wildman–Crippen MR) is 105 cm³/mol. The molecule has 3 N–H and O–H groups in total. The van der Waals surface area contributed by atoms with E-state index >= 15 is 0 Å². The summed E-state index contributed by atoms with van der Waals surface area (Å²) in [6.45, 7) is 8.80. The lowest BCUT2D eigenvalue weighted by Gasteiger charge is -2.14. The molecule has 1 aliphatic carbocycles. The molecule has 6 nitrogen and oxygen atoms in total. The van der Waals surface area contributed by atoms with Crippen LogP contribution in [0.15, 0.2) is 4.99 Å². The molecule has 0 unspecified atom stereocenters. The van der Waals surface area contributed by atoms with E-state index in [0.29, 0.717) is 6.54 Å². The van der Waals surface area contributed by atoms with Gasteiger partial charge in [0.25, 0.3) is 0 Å². The molecule has 2 fully saturated rings. The third-order valence-electron chi connectivity index (χ3n) is 4.11. The Morgan fingerprint density at radius 2 is 1.83 bits per heavy atom. The van der Waals surface area contributed by atoms with Gasteiger partial charge in [0.15, 0.2) is 5.96 Å². The molecule has 1 aliphatic heterocycles. The van der Waals surface area contributed by atoms with Gasteiger partial charge in [0, 0.05) is 32.1 Å². The van der Waals surface area contributed by atoms with Crippen molar-refractivity contribution in [1.29, 1.82) is 0 Å². The van der Waals surface area contributed by atoms with Crippen LogP contribution < -0.4 is 16.0 Å². The van der Waals surface area contributed by atoms with Crippen molar-refractivity contribution in [3.05, 3.63) is 0 Å². The van der Waals surface area contributed by atoms with Gasteiger partial charge in [-0.2, -0.15) is 0 Å². The van der Waals surface area contributed by atoms with Crippen LogP contribution in [-0.4, -0.2) is 62.6 Å². The molecule has 1 heterocycles. The van der Waals surface area contributed by atoms with Crippen molar-refractivity contribution in [2.75, 3.05) is 45.8 Å². The maximum atomic E-state index is 11.5. The number of carbonyl (C=O) groups is 1. The van der Waals surface area contributed by atoms with Crippen LogP contribution in [0.5, 0.6) is 0 Å². The SMILES string of the molecule is CCNC(=NCCCN1CCCC1)NCCNC(=O)C1CC1.I. The monoisotopic (exact) mass is 437 g/mol. The number of carbonyl (C=O) groups excluding carboxylic acids is 1. The van der Waals surface area contributed by atoms with E-state index in [2.05, 4.69) is 32.8 Å². The maximum Gasteiger partial charge on any atom is 0.223 e. The van der Waals surface area contributed by atoms with E-state index in [-0.39, 0.29) is 35.8 Å². The first-order chi connectivity index (χ1) is 10.8. The number of guanidine groups is 1. The molecule has 0 radical (unpaired) electrons. The largest absolute Gasteiger partial charge is 0.357 e. The van der Waals surface area contributed by atoms with E-state index in [0.717, 1.165) is 51.4 Å². The minimum absolute atomic E-state index is 0. The number of rotatable bonds is 9. The molecule has 0 bridgehead atoms. The molecule has 0 atom stereocenters. The van der Waals surface area contributed by atoms with Gasteiger partial charge in [-0.3, -0.25) is 9.79 Å². The van der Waals surface area contributed by atoms with Crippen LogP contribution in [0.25, 0.3) is 0 Å². The lowest BCUT2D eigenvalue weighted by molar-refractivity contribution is -0.122. The Hall–Kier alpha value is -0.570. The van der Waals surface area contributed by atoms with Gasteiger partial charge in [0.1, 0.15) is 0 Å². The molecule has 1 saturated carbocycles. The summed E-state index contributed by atoms with van der Waals surface area (Å²) in [5.41, 5.74) is 0. The van der Waals surface area contributed by atoms with Gasteiger partial charge in [0.2, 0.25) is 5.91 Å². The normalized spacial score (nSPS) is 18.4. The van der Waals surface area contributed by atoms with Crippen molar-refractivity contribution >= 4 is 35.8 Å². The number of nitrogens with zero attached hydrogens (tertiary/aromatic N) is 2. The summed E-state index contributed by atoms with van der Waals surface area (Å²) in [6, 6.07) is 0. The number of aliphatic imine (C=N–C) groups is 1. The third kappa shape index (κ3) is 8.74. The molecular formula is C16H32IN5O. The van der Waals surface area contributed by atoms with E-state index in [1.807, 2.05) is 0 Å². The van der Waals surface area contributed by atoms with Crippen LogP contribution >= 0.6 is 24.0 Å². The molecular weight excluding hydrogens is 405 g/mol. The fraction of sp³-hybridized carbons (Fsp3) is 0.875. The summed E-state index contributed by atoms with van der Waals surface area (Å²) in [5.74, 6) is 1.34. The molecule has 0 aromatic heterocycles. The predicted octanol–water partition coefficient (Wildman–Crippen LogP) is 1.17. The molecule has 134 valence electrons. The van der Waals surface area contributed by atoms with E-state index in [1.54, 1.807) is 0 Å². The smallest absolute Gasteiger partial charge is 0.223 e. The minimum Gasteiger partial charge on any atom is -0.357 e. The zero-order valence-electron chi connectivity index (χ0n) is 14.3. The van der Waals surface area contributed by atoms with Gasteiger partial charge in [-0.05, 0) is 58.7 Å². The highest BCUT2D eigenvalue weighted by molar-refractivity contribution is 14.0. The summed E-state index contributed by atoms with van der Waals surface area (Å²) < 4.78 is 0. The van der Waals surface area contributed by atoms with Gasteiger partial charge in [-0.15, -0.1) is 24.0 Å². The summed E-state index contributed by atoms with van der Waals surface area (Å²) in [7, 11) is 0. The summed E-state index contributed by atoms with van der Waals surface area (Å²) in [5, 5.41) is 9.48.